The van der Waals surface area contributed by atoms with Gasteiger partial charge in [-0.15, -0.1) is 0 Å². The molecule has 6 nitrogen and oxygen atoms in total. The van der Waals surface area contributed by atoms with Crippen LogP contribution in [0.25, 0.3) is 11.1 Å². The first-order chi connectivity index (χ1) is 15.3. The van der Waals surface area contributed by atoms with Gasteiger partial charge in [-0.25, -0.2) is 13.8 Å². The highest BCUT2D eigenvalue weighted by atomic mass is 35.5. The van der Waals surface area contributed by atoms with Gasteiger partial charge in [-0.3, -0.25) is 4.79 Å². The molecular weight excluding hydrogens is 438 g/mol. The number of aliphatic hydroxyl groups excluding tert-OH is 1. The van der Waals surface area contributed by atoms with Crippen molar-refractivity contribution >= 4 is 23.3 Å². The molecule has 0 saturated heterocycles. The van der Waals surface area contributed by atoms with Crippen LogP contribution in [0.1, 0.15) is 35.5 Å². The van der Waals surface area contributed by atoms with E-state index in [-0.39, 0.29) is 24.1 Å². The van der Waals surface area contributed by atoms with E-state index >= 15 is 0 Å². The van der Waals surface area contributed by atoms with Gasteiger partial charge in [0, 0.05) is 49.2 Å². The average molecular weight is 461 g/mol. The summed E-state index contributed by atoms with van der Waals surface area (Å²) in [6.07, 6.45) is 3.45. The van der Waals surface area contributed by atoms with E-state index in [4.69, 9.17) is 11.6 Å². The Balaban J connectivity index is 1.62. The van der Waals surface area contributed by atoms with Gasteiger partial charge in [0.15, 0.2) is 11.6 Å². The second-order valence-electron chi connectivity index (χ2n) is 8.08. The molecule has 0 aliphatic carbocycles. The third kappa shape index (κ3) is 4.33. The van der Waals surface area contributed by atoms with E-state index in [0.29, 0.717) is 35.2 Å². The predicted octanol–water partition coefficient (Wildman–Crippen LogP) is 4.45. The van der Waals surface area contributed by atoms with Gasteiger partial charge in [0.1, 0.15) is 11.5 Å². The maximum absolute atomic E-state index is 13.7. The van der Waals surface area contributed by atoms with E-state index in [1.165, 1.54) is 0 Å². The summed E-state index contributed by atoms with van der Waals surface area (Å²) >= 11 is 6.38. The van der Waals surface area contributed by atoms with Crippen molar-refractivity contribution in [3.8, 4) is 11.1 Å². The smallest absolute Gasteiger partial charge is 0.270 e. The van der Waals surface area contributed by atoms with Gasteiger partial charge in [-0.05, 0) is 49.2 Å². The molecule has 0 spiro atoms. The number of hydrogen-bond donors (Lipinski definition) is 2. The summed E-state index contributed by atoms with van der Waals surface area (Å²) in [4.78, 5) is 19.0. The Morgan fingerprint density at radius 1 is 1.16 bits per heavy atom. The summed E-state index contributed by atoms with van der Waals surface area (Å²) in [5.41, 5.74) is 2.66. The number of amides is 1. The molecule has 3 aromatic rings. The third-order valence-electron chi connectivity index (χ3n) is 5.39. The number of halogens is 3. The van der Waals surface area contributed by atoms with Crippen LogP contribution in [-0.4, -0.2) is 38.1 Å². The van der Waals surface area contributed by atoms with Crippen LogP contribution in [0.3, 0.4) is 0 Å². The summed E-state index contributed by atoms with van der Waals surface area (Å²) in [6.45, 7) is 4.59. The molecule has 2 N–H and O–H groups in total. The van der Waals surface area contributed by atoms with E-state index in [2.05, 4.69) is 10.3 Å². The number of nitrogens with zero attached hydrogens (tertiary/aromatic N) is 3. The van der Waals surface area contributed by atoms with Crippen molar-refractivity contribution in [2.75, 3.05) is 11.9 Å². The lowest BCUT2D eigenvalue weighted by atomic mass is 10.1. The Kier molecular flexibility index (Phi) is 6.17. The molecule has 168 valence electrons. The summed E-state index contributed by atoms with van der Waals surface area (Å²) in [7, 11) is 0. The molecule has 1 amide bonds. The van der Waals surface area contributed by atoms with Crippen LogP contribution in [0.2, 0.25) is 5.02 Å². The summed E-state index contributed by atoms with van der Waals surface area (Å²) < 4.78 is 29.1. The van der Waals surface area contributed by atoms with E-state index in [9.17, 15) is 18.7 Å². The first kappa shape index (κ1) is 22.2. The zero-order valence-corrected chi connectivity index (χ0v) is 18.5. The molecule has 32 heavy (non-hydrogen) atoms. The fourth-order valence-corrected chi connectivity index (χ4v) is 4.04. The number of hydrogen-bond acceptors (Lipinski definition) is 4. The van der Waals surface area contributed by atoms with E-state index in [0.717, 1.165) is 23.3 Å². The summed E-state index contributed by atoms with van der Waals surface area (Å²) in [5.74, 6) is -1.58. The minimum Gasteiger partial charge on any atom is -0.392 e. The Bertz CT molecular complexity index is 1180. The number of carbonyl (C=O) groups excluding carboxylic acids is 1. The number of aromatic nitrogens is 2. The van der Waals surface area contributed by atoms with Crippen LogP contribution in [0.4, 0.5) is 14.6 Å². The quantitative estimate of drug-likeness (QED) is 0.570. The van der Waals surface area contributed by atoms with E-state index < -0.39 is 18.2 Å². The number of fused-ring (bicyclic) bond motifs is 1. The normalized spacial score (nSPS) is 13.6. The SMILES string of the molecule is CC(C)Nc1cc(-c2cc3n(c2)CCN(Cc2cc(F)c(F)cc2CO)C3=O)c(Cl)cn1. The van der Waals surface area contributed by atoms with E-state index in [1.54, 1.807) is 17.2 Å². The van der Waals surface area contributed by atoms with Gasteiger partial charge >= 0.3 is 0 Å². The van der Waals surface area contributed by atoms with Gasteiger partial charge < -0.3 is 19.9 Å². The molecule has 1 aliphatic heterocycles. The molecule has 0 saturated carbocycles. The van der Waals surface area contributed by atoms with Gasteiger partial charge in [0.05, 0.1) is 11.6 Å². The monoisotopic (exact) mass is 460 g/mol. The number of benzene rings is 1. The van der Waals surface area contributed by atoms with Gasteiger partial charge in [-0.1, -0.05) is 11.6 Å². The molecule has 0 fully saturated rings. The van der Waals surface area contributed by atoms with Crippen LogP contribution >= 0.6 is 11.6 Å². The number of aliphatic hydroxyl groups is 1. The van der Waals surface area contributed by atoms with Crippen molar-refractivity contribution in [1.29, 1.82) is 0 Å². The van der Waals surface area contributed by atoms with Crippen molar-refractivity contribution in [3.05, 3.63) is 70.1 Å². The standard InChI is InChI=1S/C23H23ClF2N4O2/c1-13(2)28-22-8-17(18(24)9-27-22)15-7-21-23(32)30(4-3-29(21)11-15)10-14-5-19(25)20(26)6-16(14)12-31/h5-9,11,13,31H,3-4,10,12H2,1-2H3,(H,27,28). The first-order valence-corrected chi connectivity index (χ1v) is 10.6. The lowest BCUT2D eigenvalue weighted by molar-refractivity contribution is 0.0689. The van der Waals surface area contributed by atoms with Gasteiger partial charge in [-0.2, -0.15) is 0 Å². The second-order valence-corrected chi connectivity index (χ2v) is 8.48. The topological polar surface area (TPSA) is 70.4 Å². The molecule has 3 heterocycles. The van der Waals surface area contributed by atoms with Gasteiger partial charge in [0.2, 0.25) is 0 Å². The maximum atomic E-state index is 13.7. The van der Waals surface area contributed by atoms with Crippen molar-refractivity contribution in [1.82, 2.24) is 14.5 Å². The summed E-state index contributed by atoms with van der Waals surface area (Å²) in [6, 6.07) is 5.82. The van der Waals surface area contributed by atoms with Crippen molar-refractivity contribution in [2.24, 2.45) is 0 Å². The van der Waals surface area contributed by atoms with Crippen LogP contribution in [-0.2, 0) is 19.7 Å². The lowest BCUT2D eigenvalue weighted by Crippen LogP contribution is -2.39. The molecule has 0 unspecified atom stereocenters. The highest BCUT2D eigenvalue weighted by molar-refractivity contribution is 6.33. The molecule has 9 heteroatoms. The zero-order chi connectivity index (χ0) is 23.0. The average Bonchev–Trinajstić information content (AvgIpc) is 3.18. The van der Waals surface area contributed by atoms with Crippen LogP contribution in [0.5, 0.6) is 0 Å². The molecule has 1 aliphatic rings. The molecule has 4 rings (SSSR count). The Morgan fingerprint density at radius 3 is 2.56 bits per heavy atom. The number of nitrogens with one attached hydrogen (secondary N) is 1. The largest absolute Gasteiger partial charge is 0.392 e. The Labute approximate surface area is 189 Å². The van der Waals surface area contributed by atoms with Crippen molar-refractivity contribution in [2.45, 2.75) is 39.6 Å². The molecule has 0 atom stereocenters. The molecular formula is C23H23ClF2N4O2. The highest BCUT2D eigenvalue weighted by Gasteiger charge is 2.27. The molecule has 2 aromatic heterocycles. The van der Waals surface area contributed by atoms with Crippen LogP contribution in [0.15, 0.2) is 36.7 Å². The van der Waals surface area contributed by atoms with Crippen LogP contribution < -0.4 is 5.32 Å². The molecule has 1 aromatic carbocycles. The van der Waals surface area contributed by atoms with Crippen LogP contribution in [0, 0.1) is 11.6 Å². The van der Waals surface area contributed by atoms with Crippen molar-refractivity contribution in [3.63, 3.8) is 0 Å². The van der Waals surface area contributed by atoms with E-state index in [1.807, 2.05) is 30.7 Å². The summed E-state index contributed by atoms with van der Waals surface area (Å²) in [5, 5.41) is 13.2. The fraction of sp³-hybridized carbons (Fsp3) is 0.304. The minimum absolute atomic E-state index is 0.0743. The Morgan fingerprint density at radius 2 is 1.88 bits per heavy atom. The maximum Gasteiger partial charge on any atom is 0.270 e. The predicted molar refractivity (Wildman–Crippen MR) is 118 cm³/mol. The third-order valence-corrected chi connectivity index (χ3v) is 5.69. The second kappa shape index (κ2) is 8.88. The number of pyridine rings is 1. The number of rotatable bonds is 6. The molecule has 0 bridgehead atoms. The molecule has 0 radical (unpaired) electrons. The number of anilines is 1. The highest BCUT2D eigenvalue weighted by Crippen LogP contribution is 2.32. The lowest BCUT2D eigenvalue weighted by Gasteiger charge is -2.29. The fourth-order valence-electron chi connectivity index (χ4n) is 3.83. The first-order valence-electron chi connectivity index (χ1n) is 10.3. The number of carbonyl (C=O) groups is 1. The zero-order valence-electron chi connectivity index (χ0n) is 17.7. The minimum atomic E-state index is -1.03. The Hall–Kier alpha value is -2.97. The van der Waals surface area contributed by atoms with Gasteiger partial charge in [0.25, 0.3) is 5.91 Å². The van der Waals surface area contributed by atoms with Crippen molar-refractivity contribution < 1.29 is 18.7 Å².